The van der Waals surface area contributed by atoms with Gasteiger partial charge in [0.2, 0.25) is 0 Å². The Labute approximate surface area is 342 Å². The summed E-state index contributed by atoms with van der Waals surface area (Å²) < 4.78 is 24.6. The predicted octanol–water partition coefficient (Wildman–Crippen LogP) is 7.75. The lowest BCUT2D eigenvalue weighted by atomic mass is 9.42. The van der Waals surface area contributed by atoms with Crippen LogP contribution in [0.3, 0.4) is 0 Å². The van der Waals surface area contributed by atoms with Crippen molar-refractivity contribution in [1.29, 1.82) is 0 Å². The number of benzene rings is 2. The van der Waals surface area contributed by atoms with E-state index in [0.717, 1.165) is 11.1 Å². The van der Waals surface area contributed by atoms with E-state index >= 15 is 4.79 Å². The Balaban J connectivity index is 1.49. The number of hydrogen-bond donors (Lipinski definition) is 2. The van der Waals surface area contributed by atoms with E-state index in [0.29, 0.717) is 12.0 Å². The van der Waals surface area contributed by atoms with E-state index in [1.807, 2.05) is 71.9 Å². The van der Waals surface area contributed by atoms with Crippen LogP contribution in [0.25, 0.3) is 0 Å². The second-order valence-corrected chi connectivity index (χ2v) is 19.1. The van der Waals surface area contributed by atoms with Crippen molar-refractivity contribution >= 4 is 29.6 Å². The molecule has 0 spiro atoms. The van der Waals surface area contributed by atoms with E-state index in [1.54, 1.807) is 58.0 Å². The maximum atomic E-state index is 15.4. The minimum absolute atomic E-state index is 0.000422. The number of hydrogen-bond acceptors (Lipinski definition) is 10. The zero-order valence-electron chi connectivity index (χ0n) is 35.8. The van der Waals surface area contributed by atoms with Crippen LogP contribution in [0.4, 0.5) is 4.79 Å². The molecule has 2 N–H and O–H groups in total. The molecule has 11 atom stereocenters. The first-order chi connectivity index (χ1) is 27.0. The molecule has 1 heterocycles. The van der Waals surface area contributed by atoms with Gasteiger partial charge in [-0.2, -0.15) is 0 Å². The van der Waals surface area contributed by atoms with Crippen LogP contribution in [0.1, 0.15) is 117 Å². The van der Waals surface area contributed by atoms with Crippen LogP contribution < -0.4 is 5.32 Å². The van der Waals surface area contributed by atoms with Crippen molar-refractivity contribution in [2.24, 2.45) is 40.4 Å². The molecule has 314 valence electrons. The number of ether oxygens (including phenoxy) is 4. The molecule has 1 aliphatic heterocycles. The van der Waals surface area contributed by atoms with Crippen LogP contribution in [-0.2, 0) is 33.3 Å². The topological polar surface area (TPSA) is 155 Å². The molecule has 6 rings (SSSR count). The number of amides is 1. The molecule has 0 unspecified atom stereocenters. The van der Waals surface area contributed by atoms with Gasteiger partial charge in [-0.05, 0) is 70.1 Å². The molecule has 11 nitrogen and oxygen atoms in total. The molecular formula is C47H61NO10. The van der Waals surface area contributed by atoms with Gasteiger partial charge in [-0.15, -0.1) is 0 Å². The minimum Gasteiger partial charge on any atom is -0.455 e. The molecule has 1 saturated heterocycles. The molecule has 2 saturated carbocycles. The van der Waals surface area contributed by atoms with Crippen molar-refractivity contribution in [3.05, 3.63) is 82.9 Å². The summed E-state index contributed by atoms with van der Waals surface area (Å²) in [5.74, 6) is -4.89. The molecule has 0 aromatic heterocycles. The van der Waals surface area contributed by atoms with Crippen molar-refractivity contribution in [2.75, 3.05) is 6.61 Å². The smallest absolute Gasteiger partial charge is 0.408 e. The first-order valence-corrected chi connectivity index (χ1v) is 20.6. The van der Waals surface area contributed by atoms with Crippen molar-refractivity contribution < 1.29 is 48.0 Å². The van der Waals surface area contributed by atoms with E-state index in [2.05, 4.69) is 5.32 Å². The number of Topliss-reactive ketones (excluding diaryl/α,β-unsaturated/α-hetero) is 2. The fourth-order valence-electron chi connectivity index (χ4n) is 11.0. The highest BCUT2D eigenvalue weighted by atomic mass is 16.6. The number of fused-ring (bicyclic) bond motifs is 5. The van der Waals surface area contributed by atoms with Gasteiger partial charge >= 0.3 is 18.0 Å². The summed E-state index contributed by atoms with van der Waals surface area (Å²) in [6, 6.07) is 17.0. The van der Waals surface area contributed by atoms with Gasteiger partial charge in [0.1, 0.15) is 35.0 Å². The zero-order valence-corrected chi connectivity index (χ0v) is 35.8. The third-order valence-electron chi connectivity index (χ3n) is 14.2. The predicted molar refractivity (Wildman–Crippen MR) is 216 cm³/mol. The first kappa shape index (κ1) is 43.2. The van der Waals surface area contributed by atoms with Crippen LogP contribution in [0.2, 0.25) is 0 Å². The molecule has 58 heavy (non-hydrogen) atoms. The average Bonchev–Trinajstić information content (AvgIpc) is 3.14. The molecular weight excluding hydrogens is 739 g/mol. The largest absolute Gasteiger partial charge is 0.455 e. The standard InChI is InChI=1S/C47H61NO10/c1-26-22-35-46(25-55-35,57-30(5)49)38-40(56-41(52)32-20-16-13-17-21-32)47(54)24-33(27(2)36(44(47,9)10)29(4)39(51)45(26,38)11)23-34(50)28(3)37(31-18-14-12-15-19-31)48-42(53)58-43(6,7)8/h12-21,26,28-29,33,35,37-38,40,54H,22-25H2,1-11H3,(H,48,53)/t26-,28-,29+,33-,35+,37+,38-,40-,45+,46-,47+/m0/s1. The molecule has 11 heteroatoms. The molecule has 2 bridgehead atoms. The number of carbonyl (C=O) groups excluding carboxylic acids is 5. The van der Waals surface area contributed by atoms with Gasteiger partial charge < -0.3 is 29.4 Å². The Morgan fingerprint density at radius 2 is 1.59 bits per heavy atom. The van der Waals surface area contributed by atoms with Gasteiger partial charge in [0, 0.05) is 36.0 Å². The summed E-state index contributed by atoms with van der Waals surface area (Å²) in [7, 11) is 0. The normalized spacial score (nSPS) is 33.8. The van der Waals surface area contributed by atoms with Gasteiger partial charge in [-0.3, -0.25) is 14.4 Å². The van der Waals surface area contributed by atoms with Gasteiger partial charge in [0.25, 0.3) is 0 Å². The number of carbonyl (C=O) groups is 5. The quantitative estimate of drug-likeness (QED) is 0.146. The SMILES string of the molecule is CC(=O)O[C@@]12CO[C@@H]1C[C@H](C)[C@@]1(C)C(=O)[C@H](C)C3=C(C)[C@@H](CC(=O)[C@H](C)[C@@H](NC(=O)OC(C)(C)C)c4ccccc4)C[C@@](O)([C@@H](OC(=O)c4ccccc4)[C@H]21)C3(C)C. The zero-order chi connectivity index (χ0) is 42.7. The molecule has 2 aromatic carbocycles. The monoisotopic (exact) mass is 799 g/mol. The lowest BCUT2D eigenvalue weighted by molar-refractivity contribution is -0.339. The van der Waals surface area contributed by atoms with E-state index in [4.69, 9.17) is 18.9 Å². The minimum atomic E-state index is -1.88. The third-order valence-corrected chi connectivity index (χ3v) is 14.2. The van der Waals surface area contributed by atoms with Gasteiger partial charge in [-0.25, -0.2) is 9.59 Å². The maximum absolute atomic E-state index is 15.4. The molecule has 3 aliphatic carbocycles. The lowest BCUT2D eigenvalue weighted by Gasteiger charge is -2.68. The number of aliphatic hydroxyl groups is 1. The van der Waals surface area contributed by atoms with E-state index in [1.165, 1.54) is 6.92 Å². The molecule has 4 aliphatic rings. The van der Waals surface area contributed by atoms with Crippen LogP contribution in [-0.4, -0.2) is 70.3 Å². The van der Waals surface area contributed by atoms with E-state index in [-0.39, 0.29) is 42.5 Å². The number of rotatable bonds is 9. The van der Waals surface area contributed by atoms with Gasteiger partial charge in [0.05, 0.1) is 24.1 Å². The van der Waals surface area contributed by atoms with Gasteiger partial charge in [-0.1, -0.05) is 101 Å². The molecule has 2 aromatic rings. The number of nitrogens with one attached hydrogen (secondary N) is 1. The fourth-order valence-corrected chi connectivity index (χ4v) is 11.0. The average molecular weight is 800 g/mol. The fraction of sp³-hybridized carbons (Fsp3) is 0.596. The Bertz CT molecular complexity index is 1970. The van der Waals surface area contributed by atoms with Crippen LogP contribution in [0.15, 0.2) is 71.8 Å². The maximum Gasteiger partial charge on any atom is 0.408 e. The Morgan fingerprint density at radius 1 is 0.983 bits per heavy atom. The van der Waals surface area contributed by atoms with Crippen molar-refractivity contribution in [3.63, 3.8) is 0 Å². The Kier molecular flexibility index (Phi) is 11.4. The molecule has 3 fully saturated rings. The summed E-state index contributed by atoms with van der Waals surface area (Å²) in [6.45, 7) is 19.7. The second-order valence-electron chi connectivity index (χ2n) is 19.1. The molecule has 0 radical (unpaired) electrons. The Morgan fingerprint density at radius 3 is 2.14 bits per heavy atom. The highest BCUT2D eigenvalue weighted by Gasteiger charge is 2.76. The first-order valence-electron chi connectivity index (χ1n) is 20.6. The summed E-state index contributed by atoms with van der Waals surface area (Å²) in [5, 5.41) is 16.7. The van der Waals surface area contributed by atoms with Crippen molar-refractivity contribution in [1.82, 2.24) is 5.32 Å². The summed E-state index contributed by atoms with van der Waals surface area (Å²) in [6.07, 6.45) is -2.24. The summed E-state index contributed by atoms with van der Waals surface area (Å²) in [4.78, 5) is 70.5. The van der Waals surface area contributed by atoms with Crippen LogP contribution in [0.5, 0.6) is 0 Å². The molecule has 1 amide bonds. The Hall–Kier alpha value is -4.35. The number of alkyl carbamates (subject to hydrolysis) is 1. The second kappa shape index (κ2) is 15.4. The third kappa shape index (κ3) is 7.20. The van der Waals surface area contributed by atoms with Crippen molar-refractivity contribution in [2.45, 2.75) is 130 Å². The van der Waals surface area contributed by atoms with E-state index in [9.17, 15) is 24.3 Å². The highest BCUT2D eigenvalue weighted by Crippen LogP contribution is 2.66. The lowest BCUT2D eigenvalue weighted by Crippen LogP contribution is -2.80. The van der Waals surface area contributed by atoms with Crippen molar-refractivity contribution in [3.8, 4) is 0 Å². The summed E-state index contributed by atoms with van der Waals surface area (Å²) in [5.41, 5.74) is -3.91. The number of ketones is 2. The number of esters is 2. The number of allylic oxidation sites excluding steroid dienone is 1. The van der Waals surface area contributed by atoms with Gasteiger partial charge in [0.15, 0.2) is 5.60 Å². The highest BCUT2D eigenvalue weighted by molar-refractivity contribution is 5.92. The van der Waals surface area contributed by atoms with Crippen LogP contribution >= 0.6 is 0 Å². The van der Waals surface area contributed by atoms with E-state index < -0.39 is 87.6 Å². The van der Waals surface area contributed by atoms with Crippen LogP contribution in [0, 0.1) is 40.4 Å². The summed E-state index contributed by atoms with van der Waals surface area (Å²) >= 11 is 0.